The summed E-state index contributed by atoms with van der Waals surface area (Å²) in [7, 11) is 0. The third kappa shape index (κ3) is 3.60. The summed E-state index contributed by atoms with van der Waals surface area (Å²) in [6, 6.07) is 7.13. The van der Waals surface area contributed by atoms with Gasteiger partial charge in [0.05, 0.1) is 5.56 Å². The molecule has 25 heavy (non-hydrogen) atoms. The standard InChI is InChI=1S/C16H14F3N3O2S/c1-8(13-9(2)14(23)22-24-13)10-3-5-11(6-4-10)20-15-21-12(7-25-15)16(17,18)19/h3-8H,1-2H3,(H,20,21)(H,22,23)/t8-/m1/s1. The number of aromatic hydroxyl groups is 1. The fourth-order valence-electron chi connectivity index (χ4n) is 2.33. The highest BCUT2D eigenvalue weighted by molar-refractivity contribution is 7.13. The maximum Gasteiger partial charge on any atom is 0.434 e. The molecule has 0 spiro atoms. The highest BCUT2D eigenvalue weighted by Crippen LogP contribution is 2.34. The Balaban J connectivity index is 1.74. The first-order valence-electron chi connectivity index (χ1n) is 7.30. The second-order valence-electron chi connectivity index (χ2n) is 5.50. The van der Waals surface area contributed by atoms with Crippen LogP contribution in [0.4, 0.5) is 24.0 Å². The van der Waals surface area contributed by atoms with Crippen LogP contribution in [-0.4, -0.2) is 15.2 Å². The van der Waals surface area contributed by atoms with Crippen molar-refractivity contribution in [3.8, 4) is 5.88 Å². The van der Waals surface area contributed by atoms with E-state index in [1.54, 1.807) is 19.1 Å². The van der Waals surface area contributed by atoms with Crippen LogP contribution in [0.3, 0.4) is 0 Å². The van der Waals surface area contributed by atoms with Crippen molar-refractivity contribution in [2.45, 2.75) is 25.9 Å². The number of halogens is 3. The lowest BCUT2D eigenvalue weighted by molar-refractivity contribution is -0.140. The van der Waals surface area contributed by atoms with E-state index in [4.69, 9.17) is 4.52 Å². The van der Waals surface area contributed by atoms with Gasteiger partial charge in [-0.3, -0.25) is 0 Å². The Hall–Kier alpha value is -2.55. The van der Waals surface area contributed by atoms with Gasteiger partial charge in [0, 0.05) is 17.0 Å². The topological polar surface area (TPSA) is 71.2 Å². The molecular formula is C16H14F3N3O2S. The summed E-state index contributed by atoms with van der Waals surface area (Å²) in [6.45, 7) is 3.63. The molecule has 2 aromatic heterocycles. The van der Waals surface area contributed by atoms with Crippen LogP contribution >= 0.6 is 11.3 Å². The number of thiazole rings is 1. The summed E-state index contributed by atoms with van der Waals surface area (Å²) >= 11 is 0.890. The number of aromatic nitrogens is 2. The van der Waals surface area contributed by atoms with E-state index in [2.05, 4.69) is 15.5 Å². The zero-order valence-corrected chi connectivity index (χ0v) is 14.1. The summed E-state index contributed by atoms with van der Waals surface area (Å²) in [4.78, 5) is 3.53. The number of anilines is 2. The quantitative estimate of drug-likeness (QED) is 0.673. The van der Waals surface area contributed by atoms with Gasteiger partial charge in [-0.1, -0.05) is 19.1 Å². The van der Waals surface area contributed by atoms with Gasteiger partial charge in [0.25, 0.3) is 5.88 Å². The van der Waals surface area contributed by atoms with Gasteiger partial charge in [-0.25, -0.2) is 4.98 Å². The lowest BCUT2D eigenvalue weighted by Gasteiger charge is -2.10. The predicted molar refractivity (Wildman–Crippen MR) is 87.3 cm³/mol. The molecule has 2 N–H and O–H groups in total. The Morgan fingerprint density at radius 1 is 1.24 bits per heavy atom. The van der Waals surface area contributed by atoms with Crippen LogP contribution in [0, 0.1) is 6.92 Å². The largest absolute Gasteiger partial charge is 0.491 e. The minimum Gasteiger partial charge on any atom is -0.491 e. The average molecular weight is 369 g/mol. The molecule has 2 heterocycles. The first-order valence-corrected chi connectivity index (χ1v) is 8.18. The maximum atomic E-state index is 12.6. The van der Waals surface area contributed by atoms with Gasteiger partial charge in [0.15, 0.2) is 16.6 Å². The van der Waals surface area contributed by atoms with Crippen LogP contribution in [0.2, 0.25) is 0 Å². The third-order valence-corrected chi connectivity index (χ3v) is 4.54. The van der Waals surface area contributed by atoms with Gasteiger partial charge in [0.2, 0.25) is 0 Å². The van der Waals surface area contributed by atoms with E-state index in [0.29, 0.717) is 17.0 Å². The molecule has 0 bridgehead atoms. The summed E-state index contributed by atoms with van der Waals surface area (Å²) < 4.78 is 42.8. The molecule has 0 fully saturated rings. The Bertz CT molecular complexity index is 872. The summed E-state index contributed by atoms with van der Waals surface area (Å²) in [5.74, 6) is 0.302. The molecule has 1 atom stereocenters. The number of nitrogens with zero attached hydrogens (tertiary/aromatic N) is 2. The van der Waals surface area contributed by atoms with Crippen molar-refractivity contribution in [2.75, 3.05) is 5.32 Å². The van der Waals surface area contributed by atoms with E-state index in [1.165, 1.54) is 0 Å². The van der Waals surface area contributed by atoms with Gasteiger partial charge in [0.1, 0.15) is 0 Å². The first-order chi connectivity index (χ1) is 11.8. The highest BCUT2D eigenvalue weighted by Gasteiger charge is 2.33. The molecular weight excluding hydrogens is 355 g/mol. The molecule has 5 nitrogen and oxygen atoms in total. The van der Waals surface area contributed by atoms with Crippen LogP contribution in [-0.2, 0) is 6.18 Å². The smallest absolute Gasteiger partial charge is 0.434 e. The summed E-state index contributed by atoms with van der Waals surface area (Å²) in [5, 5.41) is 17.0. The predicted octanol–water partition coefficient (Wildman–Crippen LogP) is 5.06. The second-order valence-corrected chi connectivity index (χ2v) is 6.36. The number of hydrogen-bond acceptors (Lipinski definition) is 6. The van der Waals surface area contributed by atoms with E-state index in [9.17, 15) is 18.3 Å². The second kappa shape index (κ2) is 6.40. The molecule has 0 radical (unpaired) electrons. The lowest BCUT2D eigenvalue weighted by Crippen LogP contribution is -2.05. The van der Waals surface area contributed by atoms with Crippen LogP contribution in [0.5, 0.6) is 5.88 Å². The molecule has 0 aliphatic carbocycles. The van der Waals surface area contributed by atoms with Crippen molar-refractivity contribution in [1.29, 1.82) is 0 Å². The zero-order chi connectivity index (χ0) is 18.2. The Labute approximate surface area is 145 Å². The number of nitrogens with one attached hydrogen (secondary N) is 1. The lowest BCUT2D eigenvalue weighted by atomic mass is 9.96. The van der Waals surface area contributed by atoms with Crippen molar-refractivity contribution < 1.29 is 22.8 Å². The molecule has 3 rings (SSSR count). The van der Waals surface area contributed by atoms with E-state index in [1.807, 2.05) is 19.1 Å². The molecule has 0 saturated carbocycles. The molecule has 132 valence electrons. The van der Waals surface area contributed by atoms with Crippen LogP contribution in [0.15, 0.2) is 34.2 Å². The SMILES string of the molecule is Cc1c(O)noc1[C@H](C)c1ccc(Nc2nc(C(F)(F)F)cs2)cc1. The summed E-state index contributed by atoms with van der Waals surface area (Å²) in [6.07, 6.45) is -4.45. The maximum absolute atomic E-state index is 12.6. The Morgan fingerprint density at radius 2 is 1.92 bits per heavy atom. The molecule has 1 aromatic carbocycles. The number of benzene rings is 1. The van der Waals surface area contributed by atoms with Crippen molar-refractivity contribution in [1.82, 2.24) is 10.1 Å². The van der Waals surface area contributed by atoms with Crippen molar-refractivity contribution in [3.05, 3.63) is 52.2 Å². The number of alkyl halides is 3. The number of hydrogen-bond donors (Lipinski definition) is 2. The van der Waals surface area contributed by atoms with Crippen LogP contribution < -0.4 is 5.32 Å². The average Bonchev–Trinajstić information content (AvgIpc) is 3.15. The van der Waals surface area contributed by atoms with Crippen LogP contribution in [0.25, 0.3) is 0 Å². The molecule has 0 unspecified atom stereocenters. The zero-order valence-electron chi connectivity index (χ0n) is 13.3. The van der Waals surface area contributed by atoms with Gasteiger partial charge >= 0.3 is 6.18 Å². The molecule has 0 saturated heterocycles. The normalized spacial score (nSPS) is 13.0. The third-order valence-electron chi connectivity index (χ3n) is 3.79. The van der Waals surface area contributed by atoms with Gasteiger partial charge in [-0.2, -0.15) is 13.2 Å². The minimum absolute atomic E-state index is 0.126. The first kappa shape index (κ1) is 17.3. The molecule has 0 aliphatic rings. The highest BCUT2D eigenvalue weighted by atomic mass is 32.1. The van der Waals surface area contributed by atoms with Gasteiger partial charge < -0.3 is 14.9 Å². The summed E-state index contributed by atoms with van der Waals surface area (Å²) in [5.41, 5.74) is 1.21. The van der Waals surface area contributed by atoms with Gasteiger partial charge in [-0.05, 0) is 29.8 Å². The molecule has 0 aliphatic heterocycles. The minimum atomic E-state index is -4.45. The monoisotopic (exact) mass is 369 g/mol. The van der Waals surface area contributed by atoms with E-state index >= 15 is 0 Å². The Morgan fingerprint density at radius 3 is 2.44 bits per heavy atom. The number of rotatable bonds is 4. The molecule has 3 aromatic rings. The fourth-order valence-corrected chi connectivity index (χ4v) is 3.07. The van der Waals surface area contributed by atoms with Crippen molar-refractivity contribution >= 4 is 22.2 Å². The van der Waals surface area contributed by atoms with E-state index in [0.717, 1.165) is 22.3 Å². The van der Waals surface area contributed by atoms with Crippen molar-refractivity contribution in [3.63, 3.8) is 0 Å². The fraction of sp³-hybridized carbons (Fsp3) is 0.250. The molecule has 9 heteroatoms. The Kier molecular flexibility index (Phi) is 4.42. The van der Waals surface area contributed by atoms with E-state index in [-0.39, 0.29) is 16.9 Å². The molecule has 0 amide bonds. The van der Waals surface area contributed by atoms with Gasteiger partial charge in [-0.15, -0.1) is 11.3 Å². The van der Waals surface area contributed by atoms with E-state index < -0.39 is 11.9 Å². The van der Waals surface area contributed by atoms with Crippen LogP contribution in [0.1, 0.15) is 35.4 Å². The van der Waals surface area contributed by atoms with Crippen molar-refractivity contribution in [2.24, 2.45) is 0 Å².